The third-order valence-corrected chi connectivity index (χ3v) is 16.0. The SMILES string of the molecule is CCC(C)CCCCCCCCCCCCCCCCC(=O)OC[C@@H](COC(=O)CCCCCCCCCCCCCCCCCCC(C)C)OC(=O)CCCCCCCCCCCCCCCCCCC(C)C. The molecule has 0 aromatic rings. The molecule has 1 unspecified atom stereocenters. The smallest absolute Gasteiger partial charge is 0.306 e. The molecule has 0 aromatic heterocycles. The van der Waals surface area contributed by atoms with Gasteiger partial charge in [0.15, 0.2) is 6.10 Å². The molecule has 2 atom stereocenters. The number of hydrogen-bond donors (Lipinski definition) is 0. The zero-order chi connectivity index (χ0) is 54.1. The van der Waals surface area contributed by atoms with Crippen LogP contribution in [0.4, 0.5) is 0 Å². The molecule has 6 nitrogen and oxygen atoms in total. The Morgan fingerprint density at radius 3 is 0.703 bits per heavy atom. The quantitative estimate of drug-likeness (QED) is 0.0343. The second-order valence-electron chi connectivity index (χ2n) is 24.7. The molecule has 0 amide bonds. The minimum absolute atomic E-state index is 0.0621. The molecule has 440 valence electrons. The fourth-order valence-electron chi connectivity index (χ4n) is 10.6. The largest absolute Gasteiger partial charge is 0.462 e. The summed E-state index contributed by atoms with van der Waals surface area (Å²) in [6.07, 6.45) is 65.3. The molecule has 0 fully saturated rings. The lowest BCUT2D eigenvalue weighted by atomic mass is 9.99. The number of esters is 3. The number of carbonyl (C=O) groups is 3. The molecule has 0 aliphatic rings. The lowest BCUT2D eigenvalue weighted by Gasteiger charge is -2.18. The van der Waals surface area contributed by atoms with Gasteiger partial charge in [0.2, 0.25) is 0 Å². The van der Waals surface area contributed by atoms with Crippen molar-refractivity contribution < 1.29 is 28.6 Å². The van der Waals surface area contributed by atoms with Gasteiger partial charge in [-0.2, -0.15) is 0 Å². The van der Waals surface area contributed by atoms with E-state index in [9.17, 15) is 14.4 Å². The summed E-state index contributed by atoms with van der Waals surface area (Å²) < 4.78 is 17.0. The molecular formula is C68H132O6. The van der Waals surface area contributed by atoms with E-state index in [1.807, 2.05) is 0 Å². The first-order chi connectivity index (χ1) is 36.1. The zero-order valence-corrected chi connectivity index (χ0v) is 51.1. The van der Waals surface area contributed by atoms with E-state index in [1.54, 1.807) is 0 Å². The Morgan fingerprint density at radius 1 is 0.270 bits per heavy atom. The maximum Gasteiger partial charge on any atom is 0.306 e. The van der Waals surface area contributed by atoms with Gasteiger partial charge in [-0.15, -0.1) is 0 Å². The van der Waals surface area contributed by atoms with E-state index < -0.39 is 6.10 Å². The van der Waals surface area contributed by atoms with Gasteiger partial charge in [-0.05, 0) is 37.0 Å². The van der Waals surface area contributed by atoms with E-state index in [4.69, 9.17) is 14.2 Å². The maximum atomic E-state index is 12.9. The molecule has 6 heteroatoms. The van der Waals surface area contributed by atoms with Crippen molar-refractivity contribution in [3.8, 4) is 0 Å². The first kappa shape index (κ1) is 72.4. The van der Waals surface area contributed by atoms with Crippen LogP contribution in [0, 0.1) is 17.8 Å². The lowest BCUT2D eigenvalue weighted by Crippen LogP contribution is -2.30. The Morgan fingerprint density at radius 2 is 0.473 bits per heavy atom. The van der Waals surface area contributed by atoms with Gasteiger partial charge >= 0.3 is 17.9 Å². The zero-order valence-electron chi connectivity index (χ0n) is 51.1. The molecule has 0 radical (unpaired) electrons. The van der Waals surface area contributed by atoms with Crippen molar-refractivity contribution >= 4 is 17.9 Å². The molecule has 0 saturated carbocycles. The predicted molar refractivity (Wildman–Crippen MR) is 321 cm³/mol. The van der Waals surface area contributed by atoms with Crippen molar-refractivity contribution in [3.63, 3.8) is 0 Å². The highest BCUT2D eigenvalue weighted by molar-refractivity contribution is 5.71. The van der Waals surface area contributed by atoms with Crippen LogP contribution in [0.3, 0.4) is 0 Å². The van der Waals surface area contributed by atoms with Crippen LogP contribution in [-0.4, -0.2) is 37.2 Å². The minimum atomic E-state index is -0.765. The number of hydrogen-bond acceptors (Lipinski definition) is 6. The Balaban J connectivity index is 4.29. The summed E-state index contributed by atoms with van der Waals surface area (Å²) in [5, 5.41) is 0. The number of unbranched alkanes of at least 4 members (excludes halogenated alkanes) is 43. The third-order valence-electron chi connectivity index (χ3n) is 16.0. The van der Waals surface area contributed by atoms with E-state index in [0.29, 0.717) is 19.3 Å². The summed E-state index contributed by atoms with van der Waals surface area (Å²) in [4.78, 5) is 38.4. The first-order valence-corrected chi connectivity index (χ1v) is 33.6. The van der Waals surface area contributed by atoms with Crippen molar-refractivity contribution in [2.75, 3.05) is 13.2 Å². The first-order valence-electron chi connectivity index (χ1n) is 33.6. The molecule has 0 bridgehead atoms. The van der Waals surface area contributed by atoms with Gasteiger partial charge < -0.3 is 14.2 Å². The summed E-state index contributed by atoms with van der Waals surface area (Å²) in [6, 6.07) is 0. The van der Waals surface area contributed by atoms with Gasteiger partial charge in [-0.25, -0.2) is 0 Å². The van der Waals surface area contributed by atoms with Gasteiger partial charge in [0.25, 0.3) is 0 Å². The van der Waals surface area contributed by atoms with Crippen molar-refractivity contribution in [1.82, 2.24) is 0 Å². The van der Waals surface area contributed by atoms with Crippen LogP contribution in [-0.2, 0) is 28.6 Å². The van der Waals surface area contributed by atoms with Crippen LogP contribution in [0.2, 0.25) is 0 Å². The van der Waals surface area contributed by atoms with Crippen LogP contribution >= 0.6 is 0 Å². The molecule has 0 saturated heterocycles. The van der Waals surface area contributed by atoms with Crippen molar-refractivity contribution in [2.45, 2.75) is 388 Å². The normalized spacial score (nSPS) is 12.5. The lowest BCUT2D eigenvalue weighted by molar-refractivity contribution is -0.167. The molecule has 0 aromatic carbocycles. The average molecular weight is 1050 g/mol. The van der Waals surface area contributed by atoms with Gasteiger partial charge in [-0.1, -0.05) is 343 Å². The molecular weight excluding hydrogens is 913 g/mol. The van der Waals surface area contributed by atoms with E-state index in [1.165, 1.54) is 263 Å². The molecule has 0 aliphatic carbocycles. The highest BCUT2D eigenvalue weighted by Gasteiger charge is 2.20. The predicted octanol–water partition coefficient (Wildman–Crippen LogP) is 22.6. The standard InChI is InChI=1S/C68H132O6/c1-7-64(6)56-50-44-38-32-26-20-16-17-22-28-34-40-46-52-58-67(70)73-61-65(74-68(71)59-53-47-41-35-29-23-15-11-9-13-19-25-31-37-43-49-55-63(4)5)60-72-66(69)57-51-45-39-33-27-21-14-10-8-12-18-24-30-36-42-48-54-62(2)3/h62-65H,7-61H2,1-6H3/t64?,65-/m1/s1. The van der Waals surface area contributed by atoms with Crippen LogP contribution < -0.4 is 0 Å². The van der Waals surface area contributed by atoms with E-state index in [0.717, 1.165) is 75.5 Å². The van der Waals surface area contributed by atoms with Gasteiger partial charge in [0.05, 0.1) is 0 Å². The molecule has 0 aliphatic heterocycles. The van der Waals surface area contributed by atoms with Crippen molar-refractivity contribution in [1.29, 1.82) is 0 Å². The Labute approximate surface area is 463 Å². The average Bonchev–Trinajstić information content (AvgIpc) is 3.38. The summed E-state index contributed by atoms with van der Waals surface area (Å²) in [7, 11) is 0. The highest BCUT2D eigenvalue weighted by Crippen LogP contribution is 2.20. The van der Waals surface area contributed by atoms with Crippen molar-refractivity contribution in [2.24, 2.45) is 17.8 Å². The number of rotatable bonds is 61. The van der Waals surface area contributed by atoms with E-state index in [2.05, 4.69) is 41.5 Å². The second-order valence-corrected chi connectivity index (χ2v) is 24.7. The molecule has 0 N–H and O–H groups in total. The van der Waals surface area contributed by atoms with Crippen LogP contribution in [0.25, 0.3) is 0 Å². The second kappa shape index (κ2) is 59.1. The van der Waals surface area contributed by atoms with Gasteiger partial charge in [0.1, 0.15) is 13.2 Å². The summed E-state index contributed by atoms with van der Waals surface area (Å²) in [6.45, 7) is 13.9. The van der Waals surface area contributed by atoms with Crippen LogP contribution in [0.1, 0.15) is 382 Å². The van der Waals surface area contributed by atoms with Crippen molar-refractivity contribution in [3.05, 3.63) is 0 Å². The van der Waals surface area contributed by atoms with Crippen LogP contribution in [0.5, 0.6) is 0 Å². The summed E-state index contributed by atoms with van der Waals surface area (Å²) in [5.74, 6) is 1.77. The maximum absolute atomic E-state index is 12.9. The Kier molecular flexibility index (Phi) is 57.8. The molecule has 74 heavy (non-hydrogen) atoms. The summed E-state index contributed by atoms with van der Waals surface area (Å²) >= 11 is 0. The van der Waals surface area contributed by atoms with Crippen LogP contribution in [0.15, 0.2) is 0 Å². The number of ether oxygens (including phenoxy) is 3. The fourth-order valence-corrected chi connectivity index (χ4v) is 10.6. The highest BCUT2D eigenvalue weighted by atomic mass is 16.6. The third kappa shape index (κ3) is 59.7. The summed E-state index contributed by atoms with van der Waals surface area (Å²) in [5.41, 5.74) is 0. The Hall–Kier alpha value is -1.59. The van der Waals surface area contributed by atoms with E-state index in [-0.39, 0.29) is 31.1 Å². The Bertz CT molecular complexity index is 1150. The van der Waals surface area contributed by atoms with E-state index >= 15 is 0 Å². The molecule has 0 heterocycles. The monoisotopic (exact) mass is 1050 g/mol. The minimum Gasteiger partial charge on any atom is -0.462 e. The number of carbonyl (C=O) groups excluding carboxylic acids is 3. The fraction of sp³-hybridized carbons (Fsp3) is 0.956. The topological polar surface area (TPSA) is 78.9 Å². The molecule has 0 spiro atoms. The van der Waals surface area contributed by atoms with Gasteiger partial charge in [-0.3, -0.25) is 14.4 Å². The molecule has 0 rings (SSSR count). The van der Waals surface area contributed by atoms with Gasteiger partial charge in [0, 0.05) is 19.3 Å².